The third kappa shape index (κ3) is 6.18. The number of anilines is 1. The maximum atomic E-state index is 12.0. The van der Waals surface area contributed by atoms with Gasteiger partial charge in [-0.2, -0.15) is 5.10 Å². The van der Waals surface area contributed by atoms with Crippen molar-refractivity contribution in [1.29, 1.82) is 0 Å². The molecule has 1 unspecified atom stereocenters. The largest absolute Gasteiger partial charge is 0.327 e. The van der Waals surface area contributed by atoms with Crippen LogP contribution < -0.4 is 11.1 Å². The van der Waals surface area contributed by atoms with Gasteiger partial charge in [-0.25, -0.2) is 8.78 Å². The first-order valence-corrected chi connectivity index (χ1v) is 4.83. The highest BCUT2D eigenvalue weighted by Crippen LogP contribution is 2.07. The summed E-state index contributed by atoms with van der Waals surface area (Å²) in [6.45, 7) is 1.23. The van der Waals surface area contributed by atoms with Crippen molar-refractivity contribution < 1.29 is 13.6 Å². The highest BCUT2D eigenvalue weighted by Gasteiger charge is 2.09. The van der Waals surface area contributed by atoms with Gasteiger partial charge >= 0.3 is 0 Å². The number of rotatable bonds is 5. The van der Waals surface area contributed by atoms with Gasteiger partial charge < -0.3 is 11.1 Å². The van der Waals surface area contributed by atoms with Crippen molar-refractivity contribution in [2.45, 2.75) is 32.4 Å². The second-order valence-corrected chi connectivity index (χ2v) is 3.57. The molecule has 0 saturated carbocycles. The van der Waals surface area contributed by atoms with Crippen LogP contribution in [0.2, 0.25) is 0 Å². The minimum Gasteiger partial charge on any atom is -0.327 e. The normalized spacial score (nSPS) is 12.1. The van der Waals surface area contributed by atoms with Crippen LogP contribution in [-0.4, -0.2) is 28.2 Å². The molecule has 0 spiro atoms. The SMILES string of the molecule is CC(N)CC(=O)Nc1cnn(CC(F)F)c1.Cl. The number of halogens is 3. The van der Waals surface area contributed by atoms with Crippen molar-refractivity contribution in [2.24, 2.45) is 5.73 Å². The van der Waals surface area contributed by atoms with Gasteiger partial charge in [0, 0.05) is 18.7 Å². The van der Waals surface area contributed by atoms with E-state index in [1.54, 1.807) is 6.92 Å². The lowest BCUT2D eigenvalue weighted by Crippen LogP contribution is -2.23. The number of carbonyl (C=O) groups is 1. The summed E-state index contributed by atoms with van der Waals surface area (Å²) < 4.78 is 25.1. The van der Waals surface area contributed by atoms with Gasteiger partial charge in [-0.15, -0.1) is 12.4 Å². The first-order valence-electron chi connectivity index (χ1n) is 4.83. The van der Waals surface area contributed by atoms with Gasteiger partial charge in [0.2, 0.25) is 5.91 Å². The lowest BCUT2D eigenvalue weighted by molar-refractivity contribution is -0.116. The van der Waals surface area contributed by atoms with Crippen molar-refractivity contribution in [3.63, 3.8) is 0 Å². The summed E-state index contributed by atoms with van der Waals surface area (Å²) in [5.41, 5.74) is 5.83. The summed E-state index contributed by atoms with van der Waals surface area (Å²) in [7, 11) is 0. The summed E-state index contributed by atoms with van der Waals surface area (Å²) >= 11 is 0. The zero-order chi connectivity index (χ0) is 12.1. The molecule has 5 nitrogen and oxygen atoms in total. The van der Waals surface area contributed by atoms with Gasteiger partial charge in [-0.05, 0) is 6.92 Å². The Labute approximate surface area is 104 Å². The third-order valence-corrected chi connectivity index (χ3v) is 1.75. The molecule has 17 heavy (non-hydrogen) atoms. The van der Waals surface area contributed by atoms with E-state index in [1.165, 1.54) is 12.4 Å². The number of nitrogens with zero attached hydrogens (tertiary/aromatic N) is 2. The maximum Gasteiger partial charge on any atom is 0.257 e. The van der Waals surface area contributed by atoms with Gasteiger partial charge in [-0.1, -0.05) is 0 Å². The Morgan fingerprint density at radius 2 is 2.29 bits per heavy atom. The molecular weight excluding hydrogens is 254 g/mol. The maximum absolute atomic E-state index is 12.0. The number of amides is 1. The molecule has 0 bridgehead atoms. The van der Waals surface area contributed by atoms with Crippen LogP contribution in [0.3, 0.4) is 0 Å². The molecule has 0 saturated heterocycles. The smallest absolute Gasteiger partial charge is 0.257 e. The lowest BCUT2D eigenvalue weighted by atomic mass is 10.2. The Kier molecular flexibility index (Phi) is 6.67. The second-order valence-electron chi connectivity index (χ2n) is 3.57. The Hall–Kier alpha value is -1.21. The Balaban J connectivity index is 0.00000256. The Morgan fingerprint density at radius 1 is 1.65 bits per heavy atom. The molecule has 1 aromatic rings. The highest BCUT2D eigenvalue weighted by molar-refractivity contribution is 5.90. The van der Waals surface area contributed by atoms with E-state index in [-0.39, 0.29) is 30.8 Å². The fourth-order valence-electron chi connectivity index (χ4n) is 1.17. The van der Waals surface area contributed by atoms with Crippen LogP contribution in [0.5, 0.6) is 0 Å². The van der Waals surface area contributed by atoms with E-state index in [9.17, 15) is 13.6 Å². The molecule has 0 aliphatic rings. The number of alkyl halides is 2. The van der Waals surface area contributed by atoms with E-state index in [4.69, 9.17) is 5.73 Å². The Morgan fingerprint density at radius 3 is 2.82 bits per heavy atom. The number of hydrogen-bond acceptors (Lipinski definition) is 3. The standard InChI is InChI=1S/C9H14F2N4O.ClH/c1-6(12)2-9(16)14-7-3-13-15(4-7)5-8(10)11;/h3-4,6,8H,2,5,12H2,1H3,(H,14,16);1H. The van der Waals surface area contributed by atoms with E-state index in [2.05, 4.69) is 10.4 Å². The molecule has 1 rings (SSSR count). The topological polar surface area (TPSA) is 72.9 Å². The molecule has 0 aromatic carbocycles. The van der Waals surface area contributed by atoms with Gasteiger partial charge in [0.25, 0.3) is 6.43 Å². The third-order valence-electron chi connectivity index (χ3n) is 1.75. The van der Waals surface area contributed by atoms with Crippen molar-refractivity contribution in [1.82, 2.24) is 9.78 Å². The molecule has 0 radical (unpaired) electrons. The average molecular weight is 269 g/mol. The molecule has 3 N–H and O–H groups in total. The number of aromatic nitrogens is 2. The quantitative estimate of drug-likeness (QED) is 0.844. The number of nitrogens with two attached hydrogens (primary N) is 1. The molecule has 1 heterocycles. The van der Waals surface area contributed by atoms with Crippen LogP contribution in [-0.2, 0) is 11.3 Å². The molecule has 1 atom stereocenters. The fourth-order valence-corrected chi connectivity index (χ4v) is 1.17. The van der Waals surface area contributed by atoms with Gasteiger partial charge in [0.05, 0.1) is 11.9 Å². The lowest BCUT2D eigenvalue weighted by Gasteiger charge is -2.04. The molecule has 0 aliphatic carbocycles. The van der Waals surface area contributed by atoms with E-state index in [1.807, 2.05) is 0 Å². The molecule has 8 heteroatoms. The summed E-state index contributed by atoms with van der Waals surface area (Å²) in [6, 6.07) is -0.240. The van der Waals surface area contributed by atoms with E-state index >= 15 is 0 Å². The second kappa shape index (κ2) is 7.18. The number of nitrogens with one attached hydrogen (secondary N) is 1. The first-order chi connectivity index (χ1) is 7.47. The highest BCUT2D eigenvalue weighted by atomic mass is 35.5. The molecule has 1 amide bonds. The predicted molar refractivity (Wildman–Crippen MR) is 62.4 cm³/mol. The average Bonchev–Trinajstić information content (AvgIpc) is 2.49. The molecule has 0 aliphatic heterocycles. The van der Waals surface area contributed by atoms with Crippen LogP contribution in [0.4, 0.5) is 14.5 Å². The van der Waals surface area contributed by atoms with Crippen LogP contribution in [0, 0.1) is 0 Å². The van der Waals surface area contributed by atoms with Crippen LogP contribution in [0.15, 0.2) is 12.4 Å². The molecule has 0 fully saturated rings. The monoisotopic (exact) mass is 268 g/mol. The number of carbonyl (C=O) groups excluding carboxylic acids is 1. The van der Waals surface area contributed by atoms with E-state index in [0.717, 1.165) is 4.68 Å². The molecule has 1 aromatic heterocycles. The van der Waals surface area contributed by atoms with Crippen molar-refractivity contribution in [3.8, 4) is 0 Å². The predicted octanol–water partition coefficient (Wildman–Crippen LogP) is 1.25. The van der Waals surface area contributed by atoms with Crippen LogP contribution in [0.1, 0.15) is 13.3 Å². The van der Waals surface area contributed by atoms with Crippen molar-refractivity contribution >= 4 is 24.0 Å². The summed E-state index contributed by atoms with van der Waals surface area (Å²) in [6.07, 6.45) is 0.389. The Bertz CT molecular complexity index is 357. The number of hydrogen-bond donors (Lipinski definition) is 2. The van der Waals surface area contributed by atoms with Crippen molar-refractivity contribution in [3.05, 3.63) is 12.4 Å². The van der Waals surface area contributed by atoms with Gasteiger partial charge in [-0.3, -0.25) is 9.48 Å². The zero-order valence-electron chi connectivity index (χ0n) is 9.27. The molecule has 98 valence electrons. The first kappa shape index (κ1) is 15.8. The van der Waals surface area contributed by atoms with E-state index < -0.39 is 13.0 Å². The van der Waals surface area contributed by atoms with Crippen LogP contribution in [0.25, 0.3) is 0 Å². The molecular formula is C9H15ClF2N4O. The van der Waals surface area contributed by atoms with Gasteiger partial charge in [0.15, 0.2) is 0 Å². The summed E-state index contributed by atoms with van der Waals surface area (Å²) in [5, 5.41) is 6.20. The summed E-state index contributed by atoms with van der Waals surface area (Å²) in [5.74, 6) is -0.258. The minimum absolute atomic E-state index is 0. The minimum atomic E-state index is -2.47. The van der Waals surface area contributed by atoms with Gasteiger partial charge in [0.1, 0.15) is 6.54 Å². The summed E-state index contributed by atoms with van der Waals surface area (Å²) in [4.78, 5) is 11.3. The van der Waals surface area contributed by atoms with E-state index in [0.29, 0.717) is 5.69 Å². The van der Waals surface area contributed by atoms with Crippen LogP contribution >= 0.6 is 12.4 Å². The van der Waals surface area contributed by atoms with Crippen molar-refractivity contribution in [2.75, 3.05) is 5.32 Å². The zero-order valence-corrected chi connectivity index (χ0v) is 10.1. The fraction of sp³-hybridized carbons (Fsp3) is 0.556.